The molecule has 3 aromatic carbocycles. The minimum Gasteiger partial charge on any atom is -0.268 e. The molecule has 8 heteroatoms. The summed E-state index contributed by atoms with van der Waals surface area (Å²) >= 11 is 1.02. The van der Waals surface area contributed by atoms with Gasteiger partial charge in [-0.3, -0.25) is 9.36 Å². The molecule has 1 aromatic heterocycles. The second-order valence-electron chi connectivity index (χ2n) is 6.47. The van der Waals surface area contributed by atoms with E-state index < -0.39 is 17.6 Å². The Labute approximate surface area is 173 Å². The standard InChI is InChI=1S/C22H14F4N2OS/c23-15-9-11-16(12-10-15)28-20(29)17-6-2-4-8-19(17)27-21(28)30-13-14-5-1-3-7-18(14)22(24,25)26/h1-12H,13H2. The molecule has 0 unspecified atom stereocenters. The monoisotopic (exact) mass is 430 g/mol. The Bertz CT molecular complexity index is 1270. The minimum atomic E-state index is -4.48. The van der Waals surface area contributed by atoms with Crippen molar-refractivity contribution in [1.29, 1.82) is 0 Å². The predicted octanol–water partition coefficient (Wildman–Crippen LogP) is 5.84. The average Bonchev–Trinajstić information content (AvgIpc) is 2.73. The van der Waals surface area contributed by atoms with Crippen LogP contribution in [-0.4, -0.2) is 9.55 Å². The van der Waals surface area contributed by atoms with Gasteiger partial charge in [0.25, 0.3) is 5.56 Å². The summed E-state index contributed by atoms with van der Waals surface area (Å²) in [5, 5.41) is 0.587. The first-order chi connectivity index (χ1) is 14.3. The molecule has 152 valence electrons. The lowest BCUT2D eigenvalue weighted by atomic mass is 10.1. The zero-order chi connectivity index (χ0) is 21.3. The van der Waals surface area contributed by atoms with Gasteiger partial charge in [-0.25, -0.2) is 9.37 Å². The maximum atomic E-state index is 13.4. The van der Waals surface area contributed by atoms with Crippen molar-refractivity contribution in [3.63, 3.8) is 0 Å². The second kappa shape index (κ2) is 7.95. The third-order valence-electron chi connectivity index (χ3n) is 4.51. The van der Waals surface area contributed by atoms with Gasteiger partial charge in [-0.15, -0.1) is 0 Å². The van der Waals surface area contributed by atoms with Crippen LogP contribution in [0.25, 0.3) is 16.6 Å². The number of nitrogens with zero attached hydrogens (tertiary/aromatic N) is 2. The van der Waals surface area contributed by atoms with Gasteiger partial charge in [0.15, 0.2) is 5.16 Å². The number of hydrogen-bond donors (Lipinski definition) is 0. The number of fused-ring (bicyclic) bond motifs is 1. The van der Waals surface area contributed by atoms with E-state index in [4.69, 9.17) is 0 Å². The first-order valence-corrected chi connectivity index (χ1v) is 9.89. The van der Waals surface area contributed by atoms with Crippen molar-refractivity contribution < 1.29 is 17.6 Å². The summed E-state index contributed by atoms with van der Waals surface area (Å²) < 4.78 is 54.6. The van der Waals surface area contributed by atoms with E-state index in [0.717, 1.165) is 17.8 Å². The second-order valence-corrected chi connectivity index (χ2v) is 7.41. The first-order valence-electron chi connectivity index (χ1n) is 8.90. The SMILES string of the molecule is O=c1c2ccccc2nc(SCc2ccccc2C(F)(F)F)n1-c1ccc(F)cc1. The Morgan fingerprint density at radius 1 is 0.900 bits per heavy atom. The van der Waals surface area contributed by atoms with Gasteiger partial charge in [0, 0.05) is 5.75 Å². The van der Waals surface area contributed by atoms with Crippen molar-refractivity contribution in [2.24, 2.45) is 0 Å². The van der Waals surface area contributed by atoms with Gasteiger partial charge in [-0.05, 0) is 48.0 Å². The molecule has 0 spiro atoms. The van der Waals surface area contributed by atoms with E-state index in [9.17, 15) is 22.4 Å². The lowest BCUT2D eigenvalue weighted by molar-refractivity contribution is -0.138. The number of hydrogen-bond acceptors (Lipinski definition) is 3. The molecule has 0 fully saturated rings. The number of benzene rings is 3. The van der Waals surface area contributed by atoms with E-state index in [1.807, 2.05) is 0 Å². The van der Waals surface area contributed by atoms with Crippen LogP contribution in [0.4, 0.5) is 17.6 Å². The predicted molar refractivity (Wildman–Crippen MR) is 108 cm³/mol. The van der Waals surface area contributed by atoms with Crippen LogP contribution in [0.2, 0.25) is 0 Å². The molecule has 0 aliphatic heterocycles. The summed E-state index contributed by atoms with van der Waals surface area (Å²) in [6, 6.07) is 17.3. The first kappa shape index (κ1) is 20.2. The topological polar surface area (TPSA) is 34.9 Å². The lowest BCUT2D eigenvalue weighted by Gasteiger charge is -2.15. The van der Waals surface area contributed by atoms with Crippen LogP contribution in [0, 0.1) is 5.82 Å². The van der Waals surface area contributed by atoms with Gasteiger partial charge < -0.3 is 0 Å². The van der Waals surface area contributed by atoms with E-state index >= 15 is 0 Å². The zero-order valence-corrected chi connectivity index (χ0v) is 16.2. The van der Waals surface area contributed by atoms with E-state index in [1.165, 1.54) is 47.0 Å². The summed E-state index contributed by atoms with van der Waals surface area (Å²) in [5.41, 5.74) is -0.199. The van der Waals surface area contributed by atoms with Crippen molar-refractivity contribution in [3.05, 3.63) is 100 Å². The Morgan fingerprint density at radius 3 is 2.30 bits per heavy atom. The Kier molecular flexibility index (Phi) is 5.34. The molecule has 0 atom stereocenters. The van der Waals surface area contributed by atoms with Crippen LogP contribution in [0.15, 0.2) is 82.7 Å². The van der Waals surface area contributed by atoms with Crippen molar-refractivity contribution in [1.82, 2.24) is 9.55 Å². The molecule has 0 bridgehead atoms. The molecule has 0 saturated heterocycles. The Hall–Kier alpha value is -3.13. The molecule has 0 radical (unpaired) electrons. The summed E-state index contributed by atoms with van der Waals surface area (Å²) in [5.74, 6) is -0.504. The fraction of sp³-hybridized carbons (Fsp3) is 0.0909. The third kappa shape index (κ3) is 3.95. The zero-order valence-electron chi connectivity index (χ0n) is 15.4. The fourth-order valence-electron chi connectivity index (χ4n) is 3.09. The highest BCUT2D eigenvalue weighted by atomic mass is 32.2. The fourth-order valence-corrected chi connectivity index (χ4v) is 4.11. The summed E-state index contributed by atoms with van der Waals surface area (Å²) in [7, 11) is 0. The number of rotatable bonds is 4. The molecule has 0 amide bonds. The molecule has 3 nitrogen and oxygen atoms in total. The van der Waals surface area contributed by atoms with Gasteiger partial charge in [0.05, 0.1) is 22.2 Å². The quantitative estimate of drug-likeness (QED) is 0.232. The molecule has 4 aromatic rings. The molecule has 4 rings (SSSR count). The van der Waals surface area contributed by atoms with Gasteiger partial charge in [-0.1, -0.05) is 42.1 Å². The number of thioether (sulfide) groups is 1. The largest absolute Gasteiger partial charge is 0.416 e. The van der Waals surface area contributed by atoms with E-state index in [-0.39, 0.29) is 22.0 Å². The molecular formula is C22H14F4N2OS. The summed E-state index contributed by atoms with van der Waals surface area (Å²) in [4.78, 5) is 17.6. The molecule has 0 N–H and O–H groups in total. The smallest absolute Gasteiger partial charge is 0.268 e. The van der Waals surface area contributed by atoms with Crippen molar-refractivity contribution in [3.8, 4) is 5.69 Å². The van der Waals surface area contributed by atoms with Crippen molar-refractivity contribution in [2.75, 3.05) is 0 Å². The minimum absolute atomic E-state index is 0.0400. The normalized spacial score (nSPS) is 11.7. The van der Waals surface area contributed by atoms with Gasteiger partial charge in [-0.2, -0.15) is 13.2 Å². The highest BCUT2D eigenvalue weighted by Crippen LogP contribution is 2.34. The van der Waals surface area contributed by atoms with Gasteiger partial charge in [0.2, 0.25) is 0 Å². The lowest BCUT2D eigenvalue weighted by Crippen LogP contribution is -2.21. The molecule has 0 aliphatic carbocycles. The van der Waals surface area contributed by atoms with Crippen molar-refractivity contribution >= 4 is 22.7 Å². The number of alkyl halides is 3. The number of aromatic nitrogens is 2. The molecule has 0 aliphatic rings. The van der Waals surface area contributed by atoms with Gasteiger partial charge >= 0.3 is 6.18 Å². The van der Waals surface area contributed by atoms with E-state index in [1.54, 1.807) is 24.3 Å². The van der Waals surface area contributed by atoms with E-state index in [2.05, 4.69) is 4.98 Å². The average molecular weight is 430 g/mol. The summed E-state index contributed by atoms with van der Waals surface area (Å²) in [6.07, 6.45) is -4.48. The number of para-hydroxylation sites is 1. The molecule has 1 heterocycles. The molecule has 0 saturated carbocycles. The highest BCUT2D eigenvalue weighted by Gasteiger charge is 2.32. The molecule has 30 heavy (non-hydrogen) atoms. The maximum Gasteiger partial charge on any atom is 0.416 e. The summed E-state index contributed by atoms with van der Waals surface area (Å²) in [6.45, 7) is 0. The Balaban J connectivity index is 1.82. The van der Waals surface area contributed by atoms with Crippen LogP contribution >= 0.6 is 11.8 Å². The van der Waals surface area contributed by atoms with Gasteiger partial charge in [0.1, 0.15) is 5.82 Å². The van der Waals surface area contributed by atoms with Crippen LogP contribution in [0.1, 0.15) is 11.1 Å². The Morgan fingerprint density at radius 2 is 1.57 bits per heavy atom. The van der Waals surface area contributed by atoms with Crippen LogP contribution in [0.5, 0.6) is 0 Å². The third-order valence-corrected chi connectivity index (χ3v) is 5.50. The molecular weight excluding hydrogens is 416 g/mol. The van der Waals surface area contributed by atoms with E-state index in [0.29, 0.717) is 16.6 Å². The highest BCUT2D eigenvalue weighted by molar-refractivity contribution is 7.98. The number of halogens is 4. The van der Waals surface area contributed by atoms with Crippen LogP contribution in [-0.2, 0) is 11.9 Å². The van der Waals surface area contributed by atoms with Crippen molar-refractivity contribution in [2.45, 2.75) is 17.1 Å². The van der Waals surface area contributed by atoms with Crippen LogP contribution in [0.3, 0.4) is 0 Å². The maximum absolute atomic E-state index is 13.4. The van der Waals surface area contributed by atoms with Crippen LogP contribution < -0.4 is 5.56 Å².